The summed E-state index contributed by atoms with van der Waals surface area (Å²) in [7, 11) is -4.21. The third-order valence-corrected chi connectivity index (χ3v) is 5.76. The van der Waals surface area contributed by atoms with Gasteiger partial charge in [0.25, 0.3) is 0 Å². The Morgan fingerprint density at radius 1 is 0.792 bits per heavy atom. The molecule has 0 radical (unpaired) electrons. The number of rotatable bonds is 16. The van der Waals surface area contributed by atoms with Gasteiger partial charge in [0.05, 0.1) is 16.2 Å². The summed E-state index contributed by atoms with van der Waals surface area (Å²) in [5, 5.41) is 8.92. The van der Waals surface area contributed by atoms with Gasteiger partial charge in [0.1, 0.15) is 0 Å². The van der Waals surface area contributed by atoms with Crippen molar-refractivity contribution >= 4 is 10.1 Å². The molecule has 0 aliphatic heterocycles. The van der Waals surface area contributed by atoms with Crippen LogP contribution >= 0.6 is 0 Å². The molecule has 4 nitrogen and oxygen atoms in total. The molecule has 0 aliphatic carbocycles. The van der Waals surface area contributed by atoms with E-state index in [0.29, 0.717) is 12.8 Å². The third kappa shape index (κ3) is 17.7. The normalized spacial score (nSPS) is 14.2. The zero-order valence-electron chi connectivity index (χ0n) is 16.1. The van der Waals surface area contributed by atoms with Gasteiger partial charge in [-0.2, -0.15) is 0 Å². The Morgan fingerprint density at radius 3 is 1.62 bits per heavy atom. The van der Waals surface area contributed by atoms with Crippen LogP contribution in [0.1, 0.15) is 104 Å². The van der Waals surface area contributed by atoms with Gasteiger partial charge in [-0.25, -0.2) is 8.42 Å². The minimum Gasteiger partial charge on any atom is -0.748 e. The van der Waals surface area contributed by atoms with Crippen LogP contribution in [0.2, 0.25) is 0 Å². The Labute approximate surface area is 172 Å². The van der Waals surface area contributed by atoms with E-state index in [4.69, 9.17) is 0 Å². The summed E-state index contributed by atoms with van der Waals surface area (Å²) in [5.74, 6) is 0. The van der Waals surface area contributed by atoms with Crippen molar-refractivity contribution in [1.82, 2.24) is 0 Å². The SMILES string of the molecule is CCCCCCCCCCCCCC(O)CCC(C)S(=O)(=O)[O-].[Na+]. The van der Waals surface area contributed by atoms with Crippen LogP contribution < -0.4 is 29.6 Å². The summed E-state index contributed by atoms with van der Waals surface area (Å²) in [6.07, 6.45) is 14.9. The van der Waals surface area contributed by atoms with Crippen molar-refractivity contribution in [2.24, 2.45) is 0 Å². The van der Waals surface area contributed by atoms with Gasteiger partial charge in [-0.15, -0.1) is 0 Å². The molecule has 0 aliphatic rings. The number of aliphatic hydroxyl groups is 1. The molecule has 0 amide bonds. The third-order valence-electron chi connectivity index (χ3n) is 4.54. The maximum atomic E-state index is 10.8. The summed E-state index contributed by atoms with van der Waals surface area (Å²) in [6, 6.07) is 0. The van der Waals surface area contributed by atoms with E-state index in [1.165, 1.54) is 64.7 Å². The topological polar surface area (TPSA) is 77.4 Å². The molecule has 0 heterocycles. The predicted molar refractivity (Wildman–Crippen MR) is 95.5 cm³/mol. The van der Waals surface area contributed by atoms with Gasteiger partial charge in [-0.05, 0) is 26.2 Å². The number of unbranched alkanes of at least 4 members (excludes halogenated alkanes) is 10. The van der Waals surface area contributed by atoms with Gasteiger partial charge >= 0.3 is 29.6 Å². The van der Waals surface area contributed by atoms with E-state index >= 15 is 0 Å². The largest absolute Gasteiger partial charge is 1.00 e. The molecule has 1 N–H and O–H groups in total. The number of hydrogen-bond acceptors (Lipinski definition) is 4. The number of aliphatic hydroxyl groups excluding tert-OH is 1. The van der Waals surface area contributed by atoms with Crippen LogP contribution in [0.5, 0.6) is 0 Å². The van der Waals surface area contributed by atoms with Crippen LogP contribution in [-0.4, -0.2) is 29.4 Å². The molecule has 0 aromatic carbocycles. The summed E-state index contributed by atoms with van der Waals surface area (Å²) >= 11 is 0. The van der Waals surface area contributed by atoms with E-state index in [9.17, 15) is 18.1 Å². The Balaban J connectivity index is 0. The first-order chi connectivity index (χ1) is 10.9. The standard InChI is InChI=1S/C18H38O4S.Na/c1-3-4-5-6-7-8-9-10-11-12-13-14-18(19)16-15-17(2)23(20,21)22;/h17-19H,3-16H2,1-2H3,(H,20,21,22);/q;+1/p-1. The minimum absolute atomic E-state index is 0. The molecule has 2 unspecified atom stereocenters. The van der Waals surface area contributed by atoms with E-state index in [1.54, 1.807) is 0 Å². The predicted octanol–water partition coefficient (Wildman–Crippen LogP) is 1.77. The van der Waals surface area contributed by atoms with E-state index in [1.807, 2.05) is 0 Å². The molecule has 24 heavy (non-hydrogen) atoms. The van der Waals surface area contributed by atoms with Crippen LogP contribution in [0.3, 0.4) is 0 Å². The molecule has 0 aromatic heterocycles. The van der Waals surface area contributed by atoms with Crippen molar-refractivity contribution in [3.05, 3.63) is 0 Å². The summed E-state index contributed by atoms with van der Waals surface area (Å²) in [6.45, 7) is 3.65. The van der Waals surface area contributed by atoms with Crippen molar-refractivity contribution in [1.29, 1.82) is 0 Å². The molecule has 2 atom stereocenters. The van der Waals surface area contributed by atoms with Crippen molar-refractivity contribution in [3.8, 4) is 0 Å². The Bertz CT molecular complexity index is 360. The first-order valence-corrected chi connectivity index (χ1v) is 11.0. The van der Waals surface area contributed by atoms with Crippen molar-refractivity contribution < 1.29 is 47.6 Å². The summed E-state index contributed by atoms with van der Waals surface area (Å²) in [5.41, 5.74) is 0. The van der Waals surface area contributed by atoms with Crippen LogP contribution in [0.4, 0.5) is 0 Å². The second-order valence-electron chi connectivity index (χ2n) is 6.86. The molecule has 0 fully saturated rings. The van der Waals surface area contributed by atoms with Crippen LogP contribution in [0.25, 0.3) is 0 Å². The summed E-state index contributed by atoms with van der Waals surface area (Å²) < 4.78 is 32.3. The van der Waals surface area contributed by atoms with Gasteiger partial charge in [-0.1, -0.05) is 77.6 Å². The maximum absolute atomic E-state index is 10.8. The molecule has 0 saturated carbocycles. The van der Waals surface area contributed by atoms with E-state index < -0.39 is 21.5 Å². The Morgan fingerprint density at radius 2 is 1.21 bits per heavy atom. The van der Waals surface area contributed by atoms with Gasteiger partial charge in [-0.3, -0.25) is 0 Å². The zero-order valence-corrected chi connectivity index (χ0v) is 19.0. The van der Waals surface area contributed by atoms with Crippen LogP contribution in [0.15, 0.2) is 0 Å². The quantitative estimate of drug-likeness (QED) is 0.254. The Hall–Kier alpha value is 0.870. The first kappa shape index (κ1) is 27.1. The van der Waals surface area contributed by atoms with Gasteiger partial charge in [0.2, 0.25) is 0 Å². The smallest absolute Gasteiger partial charge is 0.748 e. The molecule has 0 aromatic rings. The van der Waals surface area contributed by atoms with Gasteiger partial charge in [0, 0.05) is 5.25 Å². The van der Waals surface area contributed by atoms with Crippen LogP contribution in [0, 0.1) is 0 Å². The fraction of sp³-hybridized carbons (Fsp3) is 1.00. The second-order valence-corrected chi connectivity index (χ2v) is 8.65. The minimum atomic E-state index is -4.21. The van der Waals surface area contributed by atoms with E-state index in [0.717, 1.165) is 12.8 Å². The van der Waals surface area contributed by atoms with E-state index in [-0.39, 0.29) is 36.0 Å². The monoisotopic (exact) mass is 372 g/mol. The molecule has 140 valence electrons. The summed E-state index contributed by atoms with van der Waals surface area (Å²) in [4.78, 5) is 0. The first-order valence-electron chi connectivity index (χ1n) is 9.50. The molecule has 0 spiro atoms. The molecule has 0 saturated heterocycles. The van der Waals surface area contributed by atoms with E-state index in [2.05, 4.69) is 6.92 Å². The average molecular weight is 373 g/mol. The fourth-order valence-electron chi connectivity index (χ4n) is 2.76. The molecule has 6 heteroatoms. The molecule has 0 bridgehead atoms. The van der Waals surface area contributed by atoms with Crippen molar-refractivity contribution in [3.63, 3.8) is 0 Å². The zero-order chi connectivity index (χ0) is 17.6. The van der Waals surface area contributed by atoms with Gasteiger partial charge < -0.3 is 9.66 Å². The van der Waals surface area contributed by atoms with Gasteiger partial charge in [0.15, 0.2) is 0 Å². The second kappa shape index (κ2) is 17.3. The maximum Gasteiger partial charge on any atom is 1.00 e. The Kier molecular flexibility index (Phi) is 19.5. The average Bonchev–Trinajstić information content (AvgIpc) is 2.49. The molecule has 0 rings (SSSR count). The molecular weight excluding hydrogens is 335 g/mol. The van der Waals surface area contributed by atoms with Crippen molar-refractivity contribution in [2.45, 2.75) is 115 Å². The van der Waals surface area contributed by atoms with Crippen LogP contribution in [-0.2, 0) is 10.1 Å². The van der Waals surface area contributed by atoms with Crippen molar-refractivity contribution in [2.75, 3.05) is 0 Å². The fourth-order valence-corrected chi connectivity index (χ4v) is 3.18. The molecular formula is C18H37NaO4S. The number of hydrogen-bond donors (Lipinski definition) is 1.